The summed E-state index contributed by atoms with van der Waals surface area (Å²) in [5, 5.41) is 10.4. The number of thioether (sulfide) groups is 1. The summed E-state index contributed by atoms with van der Waals surface area (Å²) in [6, 6.07) is 9.71. The summed E-state index contributed by atoms with van der Waals surface area (Å²) < 4.78 is 3.76. The molecule has 27 heavy (non-hydrogen) atoms. The minimum atomic E-state index is 0.00997. The third-order valence-corrected chi connectivity index (χ3v) is 7.14. The molecule has 1 aromatic carbocycles. The summed E-state index contributed by atoms with van der Waals surface area (Å²) in [6.45, 7) is 3.80. The Bertz CT molecular complexity index is 1220. The molecule has 0 bridgehead atoms. The van der Waals surface area contributed by atoms with Crippen LogP contribution in [0.4, 0.5) is 0 Å². The van der Waals surface area contributed by atoms with E-state index in [2.05, 4.69) is 21.2 Å². The molecule has 0 unspecified atom stereocenters. The van der Waals surface area contributed by atoms with Gasteiger partial charge in [-0.1, -0.05) is 36.0 Å². The van der Waals surface area contributed by atoms with E-state index in [9.17, 15) is 4.79 Å². The number of rotatable bonds is 4. The monoisotopic (exact) mass is 394 g/mol. The number of hydrogen-bond acceptors (Lipinski definition) is 5. The summed E-state index contributed by atoms with van der Waals surface area (Å²) in [4.78, 5) is 15.9. The van der Waals surface area contributed by atoms with Crippen molar-refractivity contribution in [1.82, 2.24) is 19.2 Å². The number of aryl methyl sites for hydroxylation is 2. The molecule has 0 saturated heterocycles. The maximum absolute atomic E-state index is 13.6. The standard InChI is InChI=1S/C20H18N4OS2/c1-2-12-26-20-22-21-19-23(13-8-4-3-5-9-13)17(25)16-14-10-6-7-11-15(14)27-18(16)24(19)20/h2-5,8-9H,1,6-7,10-12H2. The molecule has 3 heterocycles. The first kappa shape index (κ1) is 16.8. The minimum absolute atomic E-state index is 0.00997. The van der Waals surface area contributed by atoms with Crippen molar-refractivity contribution in [3.05, 3.63) is 63.8 Å². The van der Waals surface area contributed by atoms with Gasteiger partial charge in [-0.15, -0.1) is 28.1 Å². The SMILES string of the molecule is C=CCSc1nnc2n(-c3ccccc3)c(=O)c3c4c(sc3n12)CCCC4. The average Bonchev–Trinajstić information content (AvgIpc) is 3.29. The van der Waals surface area contributed by atoms with Crippen LogP contribution in [0.5, 0.6) is 0 Å². The van der Waals surface area contributed by atoms with E-state index in [0.29, 0.717) is 5.78 Å². The van der Waals surface area contributed by atoms with Gasteiger partial charge in [0.05, 0.1) is 11.1 Å². The van der Waals surface area contributed by atoms with Gasteiger partial charge in [0.2, 0.25) is 5.78 Å². The summed E-state index contributed by atoms with van der Waals surface area (Å²) in [7, 11) is 0. The van der Waals surface area contributed by atoms with Crippen LogP contribution in [0.25, 0.3) is 21.7 Å². The van der Waals surface area contributed by atoms with Gasteiger partial charge in [0.15, 0.2) is 5.16 Å². The van der Waals surface area contributed by atoms with E-state index in [4.69, 9.17) is 0 Å². The number of para-hydroxylation sites is 1. The Hall–Kier alpha value is -2.38. The number of thiophene rings is 1. The van der Waals surface area contributed by atoms with Gasteiger partial charge < -0.3 is 0 Å². The molecule has 0 atom stereocenters. The summed E-state index contributed by atoms with van der Waals surface area (Å²) in [6.07, 6.45) is 6.22. The highest BCUT2D eigenvalue weighted by molar-refractivity contribution is 7.99. The molecular weight excluding hydrogens is 376 g/mol. The lowest BCUT2D eigenvalue weighted by molar-refractivity contribution is 0.699. The molecule has 0 saturated carbocycles. The van der Waals surface area contributed by atoms with Crippen molar-refractivity contribution in [1.29, 1.82) is 0 Å². The molecule has 0 N–H and O–H groups in total. The van der Waals surface area contributed by atoms with Gasteiger partial charge in [-0.3, -0.25) is 4.79 Å². The Morgan fingerprint density at radius 2 is 2.00 bits per heavy atom. The van der Waals surface area contributed by atoms with Crippen LogP contribution in [0, 0.1) is 0 Å². The summed E-state index contributed by atoms with van der Waals surface area (Å²) in [5.74, 6) is 1.32. The zero-order valence-corrected chi connectivity index (χ0v) is 16.4. The van der Waals surface area contributed by atoms with Crippen LogP contribution >= 0.6 is 23.1 Å². The fourth-order valence-electron chi connectivity index (χ4n) is 3.75. The Morgan fingerprint density at radius 1 is 1.19 bits per heavy atom. The zero-order valence-electron chi connectivity index (χ0n) is 14.7. The molecule has 0 amide bonds. The quantitative estimate of drug-likeness (QED) is 0.383. The van der Waals surface area contributed by atoms with Crippen LogP contribution in [0.15, 0.2) is 52.9 Å². The second-order valence-corrected chi connectivity index (χ2v) is 8.66. The van der Waals surface area contributed by atoms with Gasteiger partial charge >= 0.3 is 0 Å². The number of fused-ring (bicyclic) bond motifs is 5. The van der Waals surface area contributed by atoms with Gasteiger partial charge in [0.25, 0.3) is 5.56 Å². The van der Waals surface area contributed by atoms with Crippen molar-refractivity contribution in [3.8, 4) is 5.69 Å². The van der Waals surface area contributed by atoms with Crippen molar-refractivity contribution < 1.29 is 0 Å². The Kier molecular flexibility index (Phi) is 4.13. The molecule has 7 heteroatoms. The predicted octanol–water partition coefficient (Wildman–Crippen LogP) is 4.25. The largest absolute Gasteiger partial charge is 0.268 e. The van der Waals surface area contributed by atoms with E-state index in [1.54, 1.807) is 27.7 Å². The van der Waals surface area contributed by atoms with E-state index in [-0.39, 0.29) is 5.56 Å². The molecule has 0 aliphatic heterocycles. The van der Waals surface area contributed by atoms with Crippen molar-refractivity contribution in [3.63, 3.8) is 0 Å². The van der Waals surface area contributed by atoms with Gasteiger partial charge in [-0.2, -0.15) is 0 Å². The number of benzene rings is 1. The van der Waals surface area contributed by atoms with Gasteiger partial charge in [0, 0.05) is 10.6 Å². The molecule has 1 aliphatic rings. The molecule has 136 valence electrons. The van der Waals surface area contributed by atoms with Crippen LogP contribution in [-0.2, 0) is 12.8 Å². The zero-order chi connectivity index (χ0) is 18.4. The van der Waals surface area contributed by atoms with Crippen LogP contribution in [0.3, 0.4) is 0 Å². The lowest BCUT2D eigenvalue weighted by atomic mass is 9.97. The highest BCUT2D eigenvalue weighted by atomic mass is 32.2. The molecule has 5 rings (SSSR count). The number of nitrogens with zero attached hydrogens (tertiary/aromatic N) is 4. The highest BCUT2D eigenvalue weighted by Gasteiger charge is 2.25. The molecule has 1 aliphatic carbocycles. The minimum Gasteiger partial charge on any atom is -0.268 e. The Labute approximate surface area is 164 Å². The van der Waals surface area contributed by atoms with Crippen molar-refractivity contribution in [2.75, 3.05) is 5.75 Å². The normalized spacial score (nSPS) is 13.9. The van der Waals surface area contributed by atoms with E-state index in [0.717, 1.165) is 46.1 Å². The first-order valence-electron chi connectivity index (χ1n) is 9.03. The molecule has 0 radical (unpaired) electrons. The topological polar surface area (TPSA) is 52.2 Å². The number of hydrogen-bond donors (Lipinski definition) is 0. The van der Waals surface area contributed by atoms with Crippen molar-refractivity contribution in [2.24, 2.45) is 0 Å². The first-order valence-corrected chi connectivity index (χ1v) is 10.8. The van der Waals surface area contributed by atoms with E-state index >= 15 is 0 Å². The third-order valence-electron chi connectivity index (χ3n) is 4.93. The van der Waals surface area contributed by atoms with Crippen molar-refractivity contribution >= 4 is 39.1 Å². The van der Waals surface area contributed by atoms with E-state index in [1.807, 2.05) is 36.4 Å². The van der Waals surface area contributed by atoms with Gasteiger partial charge in [-0.25, -0.2) is 8.97 Å². The lowest BCUT2D eigenvalue weighted by Gasteiger charge is -2.11. The van der Waals surface area contributed by atoms with Crippen LogP contribution < -0.4 is 5.56 Å². The first-order chi connectivity index (χ1) is 13.3. The average molecular weight is 395 g/mol. The van der Waals surface area contributed by atoms with Gasteiger partial charge in [0.1, 0.15) is 4.83 Å². The maximum atomic E-state index is 13.6. The van der Waals surface area contributed by atoms with Crippen LogP contribution in [0.2, 0.25) is 0 Å². The maximum Gasteiger partial charge on any atom is 0.268 e. The molecule has 3 aromatic heterocycles. The summed E-state index contributed by atoms with van der Waals surface area (Å²) >= 11 is 3.32. The second kappa shape index (κ2) is 6.65. The van der Waals surface area contributed by atoms with Gasteiger partial charge in [-0.05, 0) is 43.4 Å². The number of aromatic nitrogens is 4. The smallest absolute Gasteiger partial charge is 0.268 e. The fraction of sp³-hybridized carbons (Fsp3) is 0.250. The second-order valence-electron chi connectivity index (χ2n) is 6.58. The Balaban J connectivity index is 1.93. The van der Waals surface area contributed by atoms with Crippen LogP contribution in [-0.4, -0.2) is 24.9 Å². The molecule has 4 aromatic rings. The molecule has 0 spiro atoms. The highest BCUT2D eigenvalue weighted by Crippen LogP contribution is 2.36. The summed E-state index contributed by atoms with van der Waals surface area (Å²) in [5.41, 5.74) is 2.06. The molecular formula is C20H18N4OS2. The van der Waals surface area contributed by atoms with E-state index < -0.39 is 0 Å². The fourth-order valence-corrected chi connectivity index (χ4v) is 5.86. The Morgan fingerprint density at radius 3 is 2.81 bits per heavy atom. The van der Waals surface area contributed by atoms with Crippen LogP contribution in [0.1, 0.15) is 23.3 Å². The molecule has 5 nitrogen and oxygen atoms in total. The van der Waals surface area contributed by atoms with E-state index in [1.165, 1.54) is 16.9 Å². The lowest BCUT2D eigenvalue weighted by Crippen LogP contribution is -2.22. The third kappa shape index (κ3) is 2.56. The molecule has 0 fully saturated rings. The van der Waals surface area contributed by atoms with Crippen molar-refractivity contribution in [2.45, 2.75) is 30.8 Å². The predicted molar refractivity (Wildman–Crippen MR) is 112 cm³/mol.